The van der Waals surface area contributed by atoms with Crippen molar-refractivity contribution in [3.63, 3.8) is 0 Å². The number of nitrogens with one attached hydrogen (secondary N) is 2. The van der Waals surface area contributed by atoms with E-state index in [2.05, 4.69) is 24.5 Å². The Labute approximate surface area is 89.7 Å². The Morgan fingerprint density at radius 3 is 2.07 bits per heavy atom. The summed E-state index contributed by atoms with van der Waals surface area (Å²) in [4.78, 5) is 0. The van der Waals surface area contributed by atoms with Gasteiger partial charge in [-0.25, -0.2) is 8.78 Å². The third-order valence-corrected chi connectivity index (χ3v) is 1.70. The molecule has 0 saturated carbocycles. The summed E-state index contributed by atoms with van der Waals surface area (Å²) >= 11 is 0. The van der Waals surface area contributed by atoms with E-state index in [1.807, 2.05) is 0 Å². The van der Waals surface area contributed by atoms with Crippen LogP contribution in [0.2, 0.25) is 0 Å². The minimum atomic E-state index is -0.567. The van der Waals surface area contributed by atoms with E-state index in [9.17, 15) is 8.78 Å². The SMILES string of the molecule is CCNCC.CNc1ccc(F)cc1F. The largest absolute Gasteiger partial charge is 0.386 e. The Bertz CT molecular complexity index is 275. The van der Waals surface area contributed by atoms with Crippen LogP contribution in [0.3, 0.4) is 0 Å². The first-order chi connectivity index (χ1) is 7.15. The van der Waals surface area contributed by atoms with E-state index in [1.54, 1.807) is 7.05 Å². The first-order valence-corrected chi connectivity index (χ1v) is 4.99. The molecular weight excluding hydrogens is 198 g/mol. The smallest absolute Gasteiger partial charge is 0.149 e. The molecule has 0 aliphatic rings. The Kier molecular flexibility index (Phi) is 7.54. The number of hydrogen-bond donors (Lipinski definition) is 2. The molecule has 2 N–H and O–H groups in total. The maximum Gasteiger partial charge on any atom is 0.149 e. The lowest BCUT2D eigenvalue weighted by atomic mass is 10.3. The van der Waals surface area contributed by atoms with Crippen LogP contribution in [0.1, 0.15) is 13.8 Å². The van der Waals surface area contributed by atoms with E-state index >= 15 is 0 Å². The van der Waals surface area contributed by atoms with Gasteiger partial charge in [0.15, 0.2) is 0 Å². The molecule has 1 aromatic carbocycles. The van der Waals surface area contributed by atoms with Gasteiger partial charge in [-0.05, 0) is 25.2 Å². The molecule has 0 atom stereocenters. The predicted octanol–water partition coefficient (Wildman–Crippen LogP) is 2.62. The summed E-state index contributed by atoms with van der Waals surface area (Å²) < 4.78 is 24.8. The Morgan fingerprint density at radius 2 is 1.73 bits per heavy atom. The summed E-state index contributed by atoms with van der Waals surface area (Å²) in [6.07, 6.45) is 0. The van der Waals surface area contributed by atoms with Crippen molar-refractivity contribution in [2.75, 3.05) is 25.5 Å². The maximum absolute atomic E-state index is 12.5. The van der Waals surface area contributed by atoms with Gasteiger partial charge >= 0.3 is 0 Å². The lowest BCUT2D eigenvalue weighted by Gasteiger charge is -1.99. The zero-order valence-electron chi connectivity index (χ0n) is 9.40. The molecule has 2 nitrogen and oxygen atoms in total. The highest BCUT2D eigenvalue weighted by Crippen LogP contribution is 2.13. The number of hydrogen-bond acceptors (Lipinski definition) is 2. The van der Waals surface area contributed by atoms with Crippen LogP contribution in [0, 0.1) is 11.6 Å². The molecule has 0 fully saturated rings. The quantitative estimate of drug-likeness (QED) is 0.811. The predicted molar refractivity (Wildman–Crippen MR) is 60.1 cm³/mol. The second-order valence-corrected chi connectivity index (χ2v) is 2.83. The van der Waals surface area contributed by atoms with Crippen LogP contribution in [0.5, 0.6) is 0 Å². The fraction of sp³-hybridized carbons (Fsp3) is 0.455. The third kappa shape index (κ3) is 6.01. The second kappa shape index (κ2) is 8.17. The number of rotatable bonds is 3. The van der Waals surface area contributed by atoms with E-state index in [1.165, 1.54) is 12.1 Å². The Balaban J connectivity index is 0.000000336. The van der Waals surface area contributed by atoms with Crippen LogP contribution in [0.15, 0.2) is 18.2 Å². The van der Waals surface area contributed by atoms with E-state index in [-0.39, 0.29) is 0 Å². The van der Waals surface area contributed by atoms with Gasteiger partial charge in [0.05, 0.1) is 5.69 Å². The molecule has 0 bridgehead atoms. The number of halogens is 2. The highest BCUT2D eigenvalue weighted by Gasteiger charge is 1.99. The molecule has 0 aliphatic carbocycles. The van der Waals surface area contributed by atoms with Gasteiger partial charge in [0.25, 0.3) is 0 Å². The molecule has 0 saturated heterocycles. The molecule has 0 aromatic heterocycles. The van der Waals surface area contributed by atoms with Crippen LogP contribution in [-0.2, 0) is 0 Å². The molecule has 0 spiro atoms. The fourth-order valence-electron chi connectivity index (χ4n) is 0.942. The minimum Gasteiger partial charge on any atom is -0.386 e. The first-order valence-electron chi connectivity index (χ1n) is 4.99. The van der Waals surface area contributed by atoms with Crippen LogP contribution in [-0.4, -0.2) is 20.1 Å². The molecule has 0 aliphatic heterocycles. The van der Waals surface area contributed by atoms with Gasteiger partial charge in [-0.2, -0.15) is 0 Å². The van der Waals surface area contributed by atoms with Crippen molar-refractivity contribution < 1.29 is 8.78 Å². The molecule has 0 heterocycles. The summed E-state index contributed by atoms with van der Waals surface area (Å²) in [5.74, 6) is -1.13. The molecular formula is C11H18F2N2. The van der Waals surface area contributed by atoms with Crippen LogP contribution < -0.4 is 10.6 Å². The van der Waals surface area contributed by atoms with Crippen molar-refractivity contribution in [1.29, 1.82) is 0 Å². The van der Waals surface area contributed by atoms with Crippen molar-refractivity contribution in [3.05, 3.63) is 29.8 Å². The van der Waals surface area contributed by atoms with Crippen LogP contribution >= 0.6 is 0 Å². The zero-order chi connectivity index (χ0) is 11.7. The monoisotopic (exact) mass is 216 g/mol. The molecule has 86 valence electrons. The number of anilines is 1. The average molecular weight is 216 g/mol. The summed E-state index contributed by atoms with van der Waals surface area (Å²) in [7, 11) is 1.58. The van der Waals surface area contributed by atoms with Gasteiger partial charge in [0.2, 0.25) is 0 Å². The van der Waals surface area contributed by atoms with E-state index < -0.39 is 11.6 Å². The van der Waals surface area contributed by atoms with Crippen molar-refractivity contribution in [2.24, 2.45) is 0 Å². The summed E-state index contributed by atoms with van der Waals surface area (Å²) in [6.45, 7) is 6.39. The number of benzene rings is 1. The maximum atomic E-state index is 12.5. The lowest BCUT2D eigenvalue weighted by Crippen LogP contribution is -2.09. The Morgan fingerprint density at radius 1 is 1.13 bits per heavy atom. The standard InChI is InChI=1S/C7H7F2N.C4H11N/c1-10-7-3-2-5(8)4-6(7)9;1-3-5-4-2/h2-4,10H,1H3;5H,3-4H2,1-2H3. The van der Waals surface area contributed by atoms with Gasteiger partial charge in [-0.15, -0.1) is 0 Å². The highest BCUT2D eigenvalue weighted by molar-refractivity contribution is 5.43. The van der Waals surface area contributed by atoms with E-state index in [4.69, 9.17) is 0 Å². The van der Waals surface area contributed by atoms with Crippen molar-refractivity contribution in [3.8, 4) is 0 Å². The topological polar surface area (TPSA) is 24.1 Å². The normalized spacial score (nSPS) is 9.13. The second-order valence-electron chi connectivity index (χ2n) is 2.83. The van der Waals surface area contributed by atoms with Gasteiger partial charge in [-0.1, -0.05) is 13.8 Å². The van der Waals surface area contributed by atoms with Crippen molar-refractivity contribution in [1.82, 2.24) is 5.32 Å². The molecule has 1 aromatic rings. The van der Waals surface area contributed by atoms with Gasteiger partial charge in [0.1, 0.15) is 11.6 Å². The third-order valence-electron chi connectivity index (χ3n) is 1.70. The van der Waals surface area contributed by atoms with Crippen LogP contribution in [0.25, 0.3) is 0 Å². The summed E-state index contributed by atoms with van der Waals surface area (Å²) in [6, 6.07) is 3.39. The van der Waals surface area contributed by atoms with Gasteiger partial charge in [-0.3, -0.25) is 0 Å². The Hall–Kier alpha value is -1.16. The van der Waals surface area contributed by atoms with E-state index in [0.717, 1.165) is 19.2 Å². The molecule has 0 radical (unpaired) electrons. The van der Waals surface area contributed by atoms with Crippen molar-refractivity contribution in [2.45, 2.75) is 13.8 Å². The molecule has 15 heavy (non-hydrogen) atoms. The fourth-order valence-corrected chi connectivity index (χ4v) is 0.942. The lowest BCUT2D eigenvalue weighted by molar-refractivity contribution is 0.585. The summed E-state index contributed by atoms with van der Waals surface area (Å²) in [5.41, 5.74) is 0.307. The molecule has 4 heteroatoms. The summed E-state index contributed by atoms with van der Waals surface area (Å²) in [5, 5.41) is 5.69. The minimum absolute atomic E-state index is 0.307. The first kappa shape index (κ1) is 13.8. The van der Waals surface area contributed by atoms with Gasteiger partial charge < -0.3 is 10.6 Å². The molecule has 1 rings (SSSR count). The highest BCUT2D eigenvalue weighted by atomic mass is 19.1. The zero-order valence-corrected chi connectivity index (χ0v) is 9.40. The van der Waals surface area contributed by atoms with E-state index in [0.29, 0.717) is 5.69 Å². The molecule has 0 unspecified atom stereocenters. The van der Waals surface area contributed by atoms with Crippen LogP contribution in [0.4, 0.5) is 14.5 Å². The average Bonchev–Trinajstić information content (AvgIpc) is 2.20. The molecule has 0 amide bonds. The van der Waals surface area contributed by atoms with Crippen molar-refractivity contribution >= 4 is 5.69 Å². The van der Waals surface area contributed by atoms with Gasteiger partial charge in [0, 0.05) is 13.1 Å².